The van der Waals surface area contributed by atoms with Crippen molar-refractivity contribution in [2.45, 2.75) is 6.92 Å². The monoisotopic (exact) mass is 487 g/mol. The molecule has 0 bridgehead atoms. The first kappa shape index (κ1) is 21.4. The second-order valence-corrected chi connectivity index (χ2v) is 8.70. The molecule has 5 rings (SSSR count). The number of fused-ring (bicyclic) bond motifs is 1. The quantitative estimate of drug-likeness (QED) is 0.428. The maximum Gasteiger partial charge on any atom is 0.318 e. The molecule has 0 unspecified atom stereocenters. The fraction of sp³-hybridized carbons (Fsp3) is 0.227. The van der Waals surface area contributed by atoms with Crippen molar-refractivity contribution in [3.8, 4) is 29.0 Å². The van der Waals surface area contributed by atoms with E-state index in [0.717, 1.165) is 11.3 Å². The van der Waals surface area contributed by atoms with Gasteiger partial charge in [0, 0.05) is 17.5 Å². The first-order valence-electron chi connectivity index (χ1n) is 9.96. The van der Waals surface area contributed by atoms with E-state index in [2.05, 4.69) is 9.97 Å². The number of benzene rings is 2. The third kappa shape index (κ3) is 3.03. The fourth-order valence-corrected chi connectivity index (χ4v) is 5.39. The van der Waals surface area contributed by atoms with Crippen LogP contribution in [-0.4, -0.2) is 36.8 Å². The summed E-state index contributed by atoms with van der Waals surface area (Å²) in [6, 6.07) is 4.55. The van der Waals surface area contributed by atoms with Crippen LogP contribution in [0.4, 0.5) is 19.6 Å². The molecule has 0 spiro atoms. The smallest absolute Gasteiger partial charge is 0.318 e. The number of halogens is 3. The Balaban J connectivity index is 1.96. The lowest BCUT2D eigenvalue weighted by molar-refractivity contribution is 0.332. The van der Waals surface area contributed by atoms with E-state index in [4.69, 9.17) is 26.8 Å². The Bertz CT molecular complexity index is 1500. The molecule has 0 radical (unpaired) electrons. The van der Waals surface area contributed by atoms with Gasteiger partial charge in [-0.05, 0) is 18.6 Å². The highest BCUT2D eigenvalue weighted by atomic mass is 35.5. The average molecular weight is 488 g/mol. The number of anilines is 2. The molecule has 0 amide bonds. The molecule has 0 saturated heterocycles. The van der Waals surface area contributed by atoms with Crippen LogP contribution >= 0.6 is 22.9 Å². The predicted molar refractivity (Wildman–Crippen MR) is 124 cm³/mol. The Kier molecular flexibility index (Phi) is 5.11. The van der Waals surface area contributed by atoms with Crippen LogP contribution in [0.5, 0.6) is 11.8 Å². The summed E-state index contributed by atoms with van der Waals surface area (Å²) in [5.74, 6) is -0.663. The van der Waals surface area contributed by atoms with Gasteiger partial charge in [0.25, 0.3) is 0 Å². The molecule has 0 saturated carbocycles. The third-order valence-corrected chi connectivity index (χ3v) is 7.00. The minimum atomic E-state index is -0.760. The summed E-state index contributed by atoms with van der Waals surface area (Å²) < 4.78 is 42.0. The molecule has 2 aromatic carbocycles. The van der Waals surface area contributed by atoms with Gasteiger partial charge in [0.1, 0.15) is 34.8 Å². The van der Waals surface area contributed by atoms with Crippen molar-refractivity contribution >= 4 is 54.7 Å². The molecule has 7 nitrogen and oxygen atoms in total. The topological polar surface area (TPSA) is 97.3 Å². The van der Waals surface area contributed by atoms with E-state index in [0.29, 0.717) is 24.3 Å². The van der Waals surface area contributed by atoms with Gasteiger partial charge >= 0.3 is 6.01 Å². The maximum absolute atomic E-state index is 16.2. The Labute approximate surface area is 195 Å². The lowest BCUT2D eigenvalue weighted by Gasteiger charge is -2.21. The van der Waals surface area contributed by atoms with Crippen LogP contribution in [-0.2, 0) is 0 Å². The summed E-state index contributed by atoms with van der Waals surface area (Å²) >= 11 is 7.66. The number of nitriles is 1. The van der Waals surface area contributed by atoms with Crippen LogP contribution in [0.1, 0.15) is 12.5 Å². The summed E-state index contributed by atoms with van der Waals surface area (Å²) in [5.41, 5.74) is 6.12. The number of hydrogen-bond acceptors (Lipinski definition) is 8. The number of nitrogens with zero attached hydrogens (tertiary/aromatic N) is 4. The average Bonchev–Trinajstić information content (AvgIpc) is 3.04. The second kappa shape index (κ2) is 7.86. The van der Waals surface area contributed by atoms with Crippen LogP contribution in [0.3, 0.4) is 0 Å². The standard InChI is InChI=1S/C22H16ClF2N5O2S/c1-3-30-6-7-32-18-14-17(28-22(31-2)29-21(14)30)16(25)13(15(18)23)9-4-5-11(24)19-12(9)10(8-26)20(27)33-19/h4-5H,3,6-7,27H2,1-2H3. The number of hydrogen-bond donors (Lipinski definition) is 1. The number of likely N-dealkylation sites (N-methyl/N-ethyl adjacent to an activating group) is 1. The van der Waals surface area contributed by atoms with E-state index in [1.165, 1.54) is 19.2 Å². The van der Waals surface area contributed by atoms with Gasteiger partial charge < -0.3 is 20.1 Å². The fourth-order valence-electron chi connectivity index (χ4n) is 4.11. The van der Waals surface area contributed by atoms with Gasteiger partial charge in [-0.3, -0.25) is 0 Å². The lowest BCUT2D eigenvalue weighted by Crippen LogP contribution is -2.27. The second-order valence-electron chi connectivity index (χ2n) is 7.27. The summed E-state index contributed by atoms with van der Waals surface area (Å²) in [4.78, 5) is 10.6. The molecule has 0 aliphatic carbocycles. The normalized spacial score (nSPS) is 13.2. The van der Waals surface area contributed by atoms with E-state index in [9.17, 15) is 9.65 Å². The van der Waals surface area contributed by atoms with Gasteiger partial charge in [-0.1, -0.05) is 17.7 Å². The summed E-state index contributed by atoms with van der Waals surface area (Å²) in [5, 5.41) is 10.3. The minimum absolute atomic E-state index is 0.0160. The van der Waals surface area contributed by atoms with Crippen LogP contribution in [0, 0.1) is 23.0 Å². The number of thiophene rings is 1. The van der Waals surface area contributed by atoms with Crippen molar-refractivity contribution in [1.82, 2.24) is 9.97 Å². The molecule has 4 aromatic rings. The number of methoxy groups -OCH3 is 1. The number of ether oxygens (including phenoxy) is 2. The molecule has 1 aliphatic heterocycles. The van der Waals surface area contributed by atoms with Crippen molar-refractivity contribution in [1.29, 1.82) is 5.26 Å². The molecule has 11 heteroatoms. The van der Waals surface area contributed by atoms with Gasteiger partial charge in [0.2, 0.25) is 0 Å². The van der Waals surface area contributed by atoms with Crippen molar-refractivity contribution in [2.75, 3.05) is 37.4 Å². The minimum Gasteiger partial charge on any atom is -0.489 e. The van der Waals surface area contributed by atoms with Gasteiger partial charge in [0.05, 0.1) is 34.3 Å². The molecular formula is C22H16ClF2N5O2S. The predicted octanol–water partition coefficient (Wildman–Crippen LogP) is 5.12. The van der Waals surface area contributed by atoms with Gasteiger partial charge in [0.15, 0.2) is 11.6 Å². The number of nitrogen functional groups attached to an aromatic ring is 1. The maximum atomic E-state index is 16.2. The molecule has 3 heterocycles. The molecule has 168 valence electrons. The highest BCUT2D eigenvalue weighted by Crippen LogP contribution is 2.50. The summed E-state index contributed by atoms with van der Waals surface area (Å²) in [6.07, 6.45) is 0. The van der Waals surface area contributed by atoms with Gasteiger partial charge in [-0.15, -0.1) is 11.3 Å². The number of aromatic nitrogens is 2. The first-order chi connectivity index (χ1) is 15.9. The molecule has 0 atom stereocenters. The van der Waals surface area contributed by atoms with E-state index in [-0.39, 0.29) is 60.7 Å². The van der Waals surface area contributed by atoms with E-state index in [1.54, 1.807) is 0 Å². The number of rotatable bonds is 3. The van der Waals surface area contributed by atoms with E-state index >= 15 is 4.39 Å². The van der Waals surface area contributed by atoms with E-state index in [1.807, 2.05) is 17.9 Å². The molecule has 2 N–H and O–H groups in total. The zero-order valence-corrected chi connectivity index (χ0v) is 19.1. The zero-order valence-electron chi connectivity index (χ0n) is 17.5. The molecular weight excluding hydrogens is 472 g/mol. The highest BCUT2D eigenvalue weighted by molar-refractivity contribution is 7.23. The van der Waals surface area contributed by atoms with Crippen LogP contribution in [0.15, 0.2) is 12.1 Å². The van der Waals surface area contributed by atoms with E-state index < -0.39 is 11.6 Å². The Morgan fingerprint density at radius 2 is 2.12 bits per heavy atom. The summed E-state index contributed by atoms with van der Waals surface area (Å²) in [6.45, 7) is 3.31. The molecule has 1 aliphatic rings. The van der Waals surface area contributed by atoms with Crippen molar-refractivity contribution < 1.29 is 18.3 Å². The first-order valence-corrected chi connectivity index (χ1v) is 11.2. The highest BCUT2D eigenvalue weighted by Gasteiger charge is 2.31. The molecule has 33 heavy (non-hydrogen) atoms. The Hall–Kier alpha value is -3.42. The third-order valence-electron chi connectivity index (χ3n) is 5.61. The number of nitrogens with two attached hydrogens (primary N) is 1. The summed E-state index contributed by atoms with van der Waals surface area (Å²) in [7, 11) is 1.39. The van der Waals surface area contributed by atoms with Crippen LogP contribution in [0.25, 0.3) is 32.1 Å². The van der Waals surface area contributed by atoms with Crippen LogP contribution in [0.2, 0.25) is 5.02 Å². The van der Waals surface area contributed by atoms with Crippen molar-refractivity contribution in [3.05, 3.63) is 34.4 Å². The van der Waals surface area contributed by atoms with Crippen molar-refractivity contribution in [3.63, 3.8) is 0 Å². The van der Waals surface area contributed by atoms with Crippen LogP contribution < -0.4 is 20.1 Å². The Morgan fingerprint density at radius 3 is 2.82 bits per heavy atom. The van der Waals surface area contributed by atoms with Gasteiger partial charge in [-0.25, -0.2) is 8.78 Å². The molecule has 0 fully saturated rings. The van der Waals surface area contributed by atoms with Crippen molar-refractivity contribution in [2.24, 2.45) is 0 Å². The SMILES string of the molecule is CCN1CCOc2c(Cl)c(-c3ccc(F)c4sc(N)c(C#N)c34)c(F)c3nc(OC)nc1c23. The zero-order chi connectivity index (χ0) is 23.4. The van der Waals surface area contributed by atoms with Gasteiger partial charge in [-0.2, -0.15) is 15.2 Å². The lowest BCUT2D eigenvalue weighted by atomic mass is 9.96. The Morgan fingerprint density at radius 1 is 1.33 bits per heavy atom. The largest absolute Gasteiger partial charge is 0.489 e. The molecule has 2 aromatic heterocycles.